The molecule has 0 aromatic carbocycles. The highest BCUT2D eigenvalue weighted by Gasteiger charge is 2.16. The lowest BCUT2D eigenvalue weighted by atomic mass is 10.1. The maximum absolute atomic E-state index is 4.72. The zero-order chi connectivity index (χ0) is 14.7. The van der Waals surface area contributed by atoms with E-state index in [0.29, 0.717) is 5.92 Å². The number of hydrogen-bond acceptors (Lipinski definition) is 4. The van der Waals surface area contributed by atoms with E-state index in [9.17, 15) is 0 Å². The van der Waals surface area contributed by atoms with E-state index in [0.717, 1.165) is 39.6 Å². The highest BCUT2D eigenvalue weighted by Crippen LogP contribution is 2.28. The summed E-state index contributed by atoms with van der Waals surface area (Å²) in [5, 5.41) is 3.39. The number of nitrogens with zero attached hydrogens (tertiary/aromatic N) is 4. The van der Waals surface area contributed by atoms with Gasteiger partial charge in [0.1, 0.15) is 11.5 Å². The van der Waals surface area contributed by atoms with Gasteiger partial charge in [-0.1, -0.05) is 20.8 Å². The highest BCUT2D eigenvalue weighted by atomic mass is 127. The molecule has 2 aromatic rings. The van der Waals surface area contributed by atoms with Crippen molar-refractivity contribution < 1.29 is 0 Å². The lowest BCUT2D eigenvalue weighted by molar-refractivity contribution is 0.802. The van der Waals surface area contributed by atoms with Crippen molar-refractivity contribution in [3.63, 3.8) is 0 Å². The monoisotopic (exact) mass is 385 g/mol. The summed E-state index contributed by atoms with van der Waals surface area (Å²) >= 11 is 2.33. The van der Waals surface area contributed by atoms with Gasteiger partial charge in [-0.05, 0) is 34.9 Å². The normalized spacial score (nSPS) is 11.1. The van der Waals surface area contributed by atoms with Crippen LogP contribution in [0.1, 0.15) is 38.8 Å². The van der Waals surface area contributed by atoms with Gasteiger partial charge in [-0.2, -0.15) is 0 Å². The smallest absolute Gasteiger partial charge is 0.180 e. The molecule has 0 unspecified atom stereocenters. The van der Waals surface area contributed by atoms with Gasteiger partial charge in [-0.3, -0.25) is 0 Å². The topological polar surface area (TPSA) is 55.6 Å². The van der Waals surface area contributed by atoms with Crippen LogP contribution in [0.2, 0.25) is 0 Å². The Morgan fingerprint density at radius 3 is 2.65 bits per heavy atom. The maximum Gasteiger partial charge on any atom is 0.180 e. The third-order valence-electron chi connectivity index (χ3n) is 3.01. The Kier molecular flexibility index (Phi) is 4.95. The van der Waals surface area contributed by atoms with Gasteiger partial charge in [0, 0.05) is 13.6 Å². The van der Waals surface area contributed by atoms with Crippen LogP contribution in [0.4, 0.5) is 5.82 Å². The maximum atomic E-state index is 4.72. The molecule has 6 heteroatoms. The van der Waals surface area contributed by atoms with Gasteiger partial charge in [0.25, 0.3) is 0 Å². The molecule has 0 spiro atoms. The van der Waals surface area contributed by atoms with Crippen molar-refractivity contribution in [2.24, 2.45) is 7.05 Å². The molecule has 0 saturated heterocycles. The minimum atomic E-state index is 0.360. The molecule has 0 amide bonds. The number of anilines is 1. The lowest BCUT2D eigenvalue weighted by Gasteiger charge is -2.14. The first kappa shape index (κ1) is 15.2. The van der Waals surface area contributed by atoms with Crippen LogP contribution in [0.15, 0.2) is 12.5 Å². The molecular weight excluding hydrogens is 365 g/mol. The van der Waals surface area contributed by atoms with E-state index >= 15 is 0 Å². The van der Waals surface area contributed by atoms with Crippen LogP contribution in [-0.4, -0.2) is 26.1 Å². The second-order valence-electron chi connectivity index (χ2n) is 5.07. The van der Waals surface area contributed by atoms with Crippen LogP contribution in [0.5, 0.6) is 0 Å². The third-order valence-corrected chi connectivity index (χ3v) is 4.08. The lowest BCUT2D eigenvalue weighted by Crippen LogP contribution is -2.10. The predicted octanol–water partition coefficient (Wildman–Crippen LogP) is 3.43. The second kappa shape index (κ2) is 6.51. The summed E-state index contributed by atoms with van der Waals surface area (Å²) in [4.78, 5) is 13.5. The number of aryl methyl sites for hydroxylation is 1. The standard InChI is InChI=1S/C14H20IN5/c1-5-6-17-14-11(15)12(9(2)3)18-13(19-14)10-7-16-8-20(10)4/h7-9H,5-6H2,1-4H3,(H,17,18,19). The number of aromatic nitrogens is 4. The van der Waals surface area contributed by atoms with Crippen LogP contribution in [0, 0.1) is 3.57 Å². The fourth-order valence-electron chi connectivity index (χ4n) is 1.89. The first-order valence-electron chi connectivity index (χ1n) is 6.82. The summed E-state index contributed by atoms with van der Waals surface area (Å²) in [6.45, 7) is 7.37. The predicted molar refractivity (Wildman–Crippen MR) is 89.8 cm³/mol. The molecule has 0 aliphatic heterocycles. The Hall–Kier alpha value is -1.18. The molecule has 2 aromatic heterocycles. The zero-order valence-corrected chi connectivity index (χ0v) is 14.5. The molecule has 2 rings (SSSR count). The average molecular weight is 385 g/mol. The molecule has 0 saturated carbocycles. The van der Waals surface area contributed by atoms with E-state index < -0.39 is 0 Å². The highest BCUT2D eigenvalue weighted by molar-refractivity contribution is 14.1. The zero-order valence-electron chi connectivity index (χ0n) is 12.3. The number of hydrogen-bond donors (Lipinski definition) is 1. The third kappa shape index (κ3) is 3.11. The minimum Gasteiger partial charge on any atom is -0.369 e. The van der Waals surface area contributed by atoms with Crippen molar-refractivity contribution in [2.75, 3.05) is 11.9 Å². The van der Waals surface area contributed by atoms with Gasteiger partial charge < -0.3 is 9.88 Å². The first-order chi connectivity index (χ1) is 9.54. The largest absolute Gasteiger partial charge is 0.369 e. The van der Waals surface area contributed by atoms with E-state index in [-0.39, 0.29) is 0 Å². The fraction of sp³-hybridized carbons (Fsp3) is 0.500. The van der Waals surface area contributed by atoms with Crippen LogP contribution >= 0.6 is 22.6 Å². The summed E-state index contributed by atoms with van der Waals surface area (Å²) in [6.07, 6.45) is 4.64. The molecular formula is C14H20IN5. The molecule has 1 N–H and O–H groups in total. The molecule has 0 aliphatic carbocycles. The Bertz CT molecular complexity index is 591. The van der Waals surface area contributed by atoms with E-state index in [4.69, 9.17) is 4.98 Å². The number of halogens is 1. The average Bonchev–Trinajstić information content (AvgIpc) is 2.83. The van der Waals surface area contributed by atoms with E-state index in [1.54, 1.807) is 12.5 Å². The van der Waals surface area contributed by atoms with Gasteiger partial charge in [-0.15, -0.1) is 0 Å². The van der Waals surface area contributed by atoms with Crippen molar-refractivity contribution in [2.45, 2.75) is 33.1 Å². The van der Waals surface area contributed by atoms with Crippen LogP contribution < -0.4 is 5.32 Å². The summed E-state index contributed by atoms with van der Waals surface area (Å²) in [5.41, 5.74) is 2.01. The van der Waals surface area contributed by atoms with Crippen molar-refractivity contribution in [1.82, 2.24) is 19.5 Å². The van der Waals surface area contributed by atoms with E-state index in [1.165, 1.54) is 0 Å². The molecule has 0 bridgehead atoms. The molecule has 0 fully saturated rings. The SMILES string of the molecule is CCCNc1nc(-c2cncn2C)nc(C(C)C)c1I. The first-order valence-corrected chi connectivity index (χ1v) is 7.90. The van der Waals surface area contributed by atoms with Gasteiger partial charge >= 0.3 is 0 Å². The number of rotatable bonds is 5. The Balaban J connectivity index is 2.53. The fourth-order valence-corrected chi connectivity index (χ4v) is 2.95. The van der Waals surface area contributed by atoms with Gasteiger partial charge in [0.15, 0.2) is 5.82 Å². The molecule has 5 nitrogen and oxygen atoms in total. The Morgan fingerprint density at radius 1 is 1.35 bits per heavy atom. The molecule has 0 radical (unpaired) electrons. The minimum absolute atomic E-state index is 0.360. The molecule has 108 valence electrons. The summed E-state index contributed by atoms with van der Waals surface area (Å²) in [7, 11) is 1.96. The van der Waals surface area contributed by atoms with Gasteiger partial charge in [0.05, 0.1) is 21.8 Å². The summed E-state index contributed by atoms with van der Waals surface area (Å²) in [5.74, 6) is 2.01. The quantitative estimate of drug-likeness (QED) is 0.802. The summed E-state index contributed by atoms with van der Waals surface area (Å²) < 4.78 is 3.05. The molecule has 0 aliphatic rings. The molecule has 0 atom stereocenters. The van der Waals surface area contributed by atoms with Crippen molar-refractivity contribution in [1.29, 1.82) is 0 Å². The van der Waals surface area contributed by atoms with Crippen molar-refractivity contribution in [3.05, 3.63) is 21.8 Å². The molecule has 20 heavy (non-hydrogen) atoms. The number of nitrogens with one attached hydrogen (secondary N) is 1. The van der Waals surface area contributed by atoms with Crippen LogP contribution in [-0.2, 0) is 7.05 Å². The van der Waals surface area contributed by atoms with Crippen molar-refractivity contribution >= 4 is 28.4 Å². The van der Waals surface area contributed by atoms with E-state index in [1.807, 2.05) is 11.6 Å². The van der Waals surface area contributed by atoms with Crippen LogP contribution in [0.3, 0.4) is 0 Å². The molecule has 2 heterocycles. The van der Waals surface area contributed by atoms with Gasteiger partial charge in [-0.25, -0.2) is 15.0 Å². The number of imidazole rings is 1. The van der Waals surface area contributed by atoms with Gasteiger partial charge in [0.2, 0.25) is 0 Å². The Labute approximate surface area is 133 Å². The van der Waals surface area contributed by atoms with Crippen molar-refractivity contribution in [3.8, 4) is 11.5 Å². The van der Waals surface area contributed by atoms with E-state index in [2.05, 4.69) is 58.6 Å². The summed E-state index contributed by atoms with van der Waals surface area (Å²) in [6, 6.07) is 0. The second-order valence-corrected chi connectivity index (χ2v) is 6.15. The Morgan fingerprint density at radius 2 is 2.10 bits per heavy atom. The van der Waals surface area contributed by atoms with Crippen LogP contribution in [0.25, 0.3) is 11.5 Å².